The van der Waals surface area contributed by atoms with Gasteiger partial charge in [-0.25, -0.2) is 0 Å². The van der Waals surface area contributed by atoms with E-state index in [1.165, 1.54) is 0 Å². The third-order valence-corrected chi connectivity index (χ3v) is 6.36. The number of hydrogen-bond donors (Lipinski definition) is 0. The van der Waals surface area contributed by atoms with E-state index < -0.39 is 10.8 Å². The highest BCUT2D eigenvalue weighted by Gasteiger charge is 2.34. The Hall–Kier alpha value is -3.28. The lowest BCUT2D eigenvalue weighted by Crippen LogP contribution is -2.27. The molecular formula is C28H32O6. The average Bonchev–Trinajstić information content (AvgIpc) is 2.76. The van der Waals surface area contributed by atoms with Crippen LogP contribution in [0, 0.1) is 0 Å². The molecule has 1 aliphatic rings. The monoisotopic (exact) mass is 464 g/mol. The molecule has 0 bridgehead atoms. The van der Waals surface area contributed by atoms with Crippen LogP contribution >= 0.6 is 0 Å². The Morgan fingerprint density at radius 3 is 1.32 bits per heavy atom. The van der Waals surface area contributed by atoms with Crippen molar-refractivity contribution in [3.05, 3.63) is 69.8 Å². The fraction of sp³-hybridized carbons (Fsp3) is 0.429. The minimum Gasteiger partial charge on any atom is -0.466 e. The van der Waals surface area contributed by atoms with Crippen molar-refractivity contribution in [2.24, 2.45) is 0 Å². The van der Waals surface area contributed by atoms with Gasteiger partial charge in [-0.1, -0.05) is 39.8 Å². The molecule has 0 N–H and O–H groups in total. The maximum absolute atomic E-state index is 13.4. The highest BCUT2D eigenvalue weighted by atomic mass is 16.5. The van der Waals surface area contributed by atoms with Crippen LogP contribution in [0.3, 0.4) is 0 Å². The van der Waals surface area contributed by atoms with Crippen LogP contribution < -0.4 is 0 Å². The van der Waals surface area contributed by atoms with Crippen molar-refractivity contribution < 1.29 is 28.7 Å². The maximum atomic E-state index is 13.4. The molecule has 0 atom stereocenters. The zero-order valence-electron chi connectivity index (χ0n) is 20.7. The van der Waals surface area contributed by atoms with E-state index in [0.29, 0.717) is 35.5 Å². The summed E-state index contributed by atoms with van der Waals surface area (Å²) in [7, 11) is 0. The molecule has 1 aliphatic carbocycles. The molecule has 0 saturated carbocycles. The van der Waals surface area contributed by atoms with Crippen LogP contribution in [0.25, 0.3) is 0 Å². The number of rotatable bonds is 8. The first-order valence-corrected chi connectivity index (χ1v) is 11.6. The van der Waals surface area contributed by atoms with Gasteiger partial charge in [0.15, 0.2) is 11.6 Å². The number of hydrogen-bond acceptors (Lipinski definition) is 6. The number of ether oxygens (including phenoxy) is 2. The van der Waals surface area contributed by atoms with E-state index in [1.807, 2.05) is 27.7 Å². The minimum atomic E-state index is -0.564. The predicted octanol–water partition coefficient (Wildman–Crippen LogP) is 4.92. The summed E-state index contributed by atoms with van der Waals surface area (Å²) in [4.78, 5) is 50.8. The molecule has 2 aromatic carbocycles. The second-order valence-corrected chi connectivity index (χ2v) is 9.91. The number of carbonyl (C=O) groups excluding carboxylic acids is 4. The lowest BCUT2D eigenvalue weighted by molar-refractivity contribution is -0.145. The Morgan fingerprint density at radius 2 is 1.00 bits per heavy atom. The van der Waals surface area contributed by atoms with Crippen molar-refractivity contribution >= 4 is 23.5 Å². The van der Waals surface area contributed by atoms with E-state index in [2.05, 4.69) is 0 Å². The molecule has 3 rings (SSSR count). The second-order valence-electron chi connectivity index (χ2n) is 9.91. The van der Waals surface area contributed by atoms with E-state index in [-0.39, 0.29) is 36.3 Å². The van der Waals surface area contributed by atoms with E-state index in [4.69, 9.17) is 9.47 Å². The van der Waals surface area contributed by atoms with Crippen LogP contribution in [-0.4, -0.2) is 36.7 Å². The minimum absolute atomic E-state index is 0.164. The van der Waals surface area contributed by atoms with Crippen molar-refractivity contribution in [1.82, 2.24) is 0 Å². The third kappa shape index (κ3) is 4.96. The highest BCUT2D eigenvalue weighted by Crippen LogP contribution is 2.36. The van der Waals surface area contributed by atoms with Gasteiger partial charge in [0, 0.05) is 33.1 Å². The van der Waals surface area contributed by atoms with Gasteiger partial charge in [0.1, 0.15) is 0 Å². The third-order valence-electron chi connectivity index (χ3n) is 6.36. The van der Waals surface area contributed by atoms with E-state index >= 15 is 0 Å². The quantitative estimate of drug-likeness (QED) is 0.440. The van der Waals surface area contributed by atoms with E-state index in [9.17, 15) is 19.2 Å². The van der Waals surface area contributed by atoms with Crippen LogP contribution in [0.4, 0.5) is 0 Å². The molecule has 0 unspecified atom stereocenters. The van der Waals surface area contributed by atoms with E-state index in [1.54, 1.807) is 50.2 Å². The molecule has 0 heterocycles. The maximum Gasteiger partial charge on any atom is 0.306 e. The normalized spacial score (nSPS) is 13.2. The van der Waals surface area contributed by atoms with Gasteiger partial charge in [-0.05, 0) is 49.2 Å². The zero-order chi connectivity index (χ0) is 25.3. The lowest BCUT2D eigenvalue weighted by Gasteiger charge is -2.28. The fourth-order valence-electron chi connectivity index (χ4n) is 4.34. The zero-order valence-corrected chi connectivity index (χ0v) is 20.7. The largest absolute Gasteiger partial charge is 0.466 e. The van der Waals surface area contributed by atoms with Gasteiger partial charge >= 0.3 is 11.9 Å². The van der Waals surface area contributed by atoms with Crippen molar-refractivity contribution in [3.63, 3.8) is 0 Å². The van der Waals surface area contributed by atoms with Crippen LogP contribution in [0.5, 0.6) is 0 Å². The van der Waals surface area contributed by atoms with Crippen LogP contribution in [0.1, 0.15) is 97.4 Å². The Kier molecular flexibility index (Phi) is 7.10. The molecule has 6 heteroatoms. The summed E-state index contributed by atoms with van der Waals surface area (Å²) in [5.74, 6) is -1.08. The summed E-state index contributed by atoms with van der Waals surface area (Å²) >= 11 is 0. The lowest BCUT2D eigenvalue weighted by atomic mass is 9.75. The van der Waals surface area contributed by atoms with Crippen molar-refractivity contribution in [3.8, 4) is 0 Å². The number of fused-ring (bicyclic) bond motifs is 2. The topological polar surface area (TPSA) is 86.7 Å². The van der Waals surface area contributed by atoms with Crippen LogP contribution in [-0.2, 0) is 29.9 Å². The molecule has 0 saturated heterocycles. The van der Waals surface area contributed by atoms with Crippen molar-refractivity contribution in [2.45, 2.75) is 65.2 Å². The molecule has 0 aromatic heterocycles. The first kappa shape index (κ1) is 25.3. The van der Waals surface area contributed by atoms with Gasteiger partial charge < -0.3 is 9.47 Å². The first-order chi connectivity index (χ1) is 15.9. The Morgan fingerprint density at radius 1 is 0.647 bits per heavy atom. The van der Waals surface area contributed by atoms with Gasteiger partial charge in [-0.2, -0.15) is 0 Å². The van der Waals surface area contributed by atoms with Crippen LogP contribution in [0.2, 0.25) is 0 Å². The van der Waals surface area contributed by atoms with Crippen molar-refractivity contribution in [1.29, 1.82) is 0 Å². The Bertz CT molecular complexity index is 1060. The number of ketones is 2. The molecule has 34 heavy (non-hydrogen) atoms. The molecule has 0 spiro atoms. The molecule has 0 amide bonds. The Labute approximate surface area is 200 Å². The summed E-state index contributed by atoms with van der Waals surface area (Å²) in [6.07, 6.45) is 0.328. The summed E-state index contributed by atoms with van der Waals surface area (Å²) in [5.41, 5.74) is 1.81. The van der Waals surface area contributed by atoms with Gasteiger partial charge in [0.2, 0.25) is 0 Å². The molecule has 0 fully saturated rings. The molecular weight excluding hydrogens is 432 g/mol. The molecule has 6 nitrogen and oxygen atoms in total. The molecule has 2 aromatic rings. The first-order valence-electron chi connectivity index (χ1n) is 11.6. The Balaban J connectivity index is 1.96. The number of esters is 2. The van der Waals surface area contributed by atoms with Gasteiger partial charge in [0.05, 0.1) is 26.1 Å². The van der Waals surface area contributed by atoms with Crippen molar-refractivity contribution in [2.75, 3.05) is 13.2 Å². The summed E-state index contributed by atoms with van der Waals surface area (Å²) in [6, 6.07) is 10.4. The van der Waals surface area contributed by atoms with E-state index in [0.717, 1.165) is 11.1 Å². The van der Waals surface area contributed by atoms with Gasteiger partial charge in [-0.15, -0.1) is 0 Å². The summed E-state index contributed by atoms with van der Waals surface area (Å²) < 4.78 is 10.2. The smallest absolute Gasteiger partial charge is 0.306 e. The molecule has 0 radical (unpaired) electrons. The second kappa shape index (κ2) is 9.53. The number of benzene rings is 2. The number of carbonyl (C=O) groups is 4. The highest BCUT2D eigenvalue weighted by molar-refractivity contribution is 6.28. The average molecular weight is 465 g/mol. The van der Waals surface area contributed by atoms with Gasteiger partial charge in [0.25, 0.3) is 0 Å². The van der Waals surface area contributed by atoms with Gasteiger partial charge in [-0.3, -0.25) is 19.2 Å². The SMILES string of the molecule is CCOC(=O)CC(C)(C)c1ccc2c(c1)C(=O)c1ccc(C(C)(C)CC(=O)OCC)cc1C2=O. The summed E-state index contributed by atoms with van der Waals surface area (Å²) in [5, 5.41) is 0. The molecule has 0 aliphatic heterocycles. The molecule has 180 valence electrons. The standard InChI is InChI=1S/C28H32O6/c1-7-33-23(29)15-27(3,4)17-9-11-19-21(13-17)25(31)20-12-10-18(14-22(20)26(19)32)28(5,6)16-24(30)34-8-2/h9-14H,7-8,15-16H2,1-6H3. The fourth-order valence-corrected chi connectivity index (χ4v) is 4.34. The summed E-state index contributed by atoms with van der Waals surface area (Å²) in [6.45, 7) is 11.8. The van der Waals surface area contributed by atoms with Crippen LogP contribution in [0.15, 0.2) is 36.4 Å². The predicted molar refractivity (Wildman–Crippen MR) is 128 cm³/mol.